The van der Waals surface area contributed by atoms with Crippen LogP contribution in [0, 0.1) is 0 Å². The lowest BCUT2D eigenvalue weighted by Crippen LogP contribution is -2.36. The zero-order valence-electron chi connectivity index (χ0n) is 13.5. The molecule has 2 unspecified atom stereocenters. The number of likely N-dealkylation sites (tertiary alicyclic amines) is 1. The average molecular weight is 292 g/mol. The second kappa shape index (κ2) is 6.46. The second-order valence-electron chi connectivity index (χ2n) is 6.89. The Morgan fingerprint density at radius 2 is 2.14 bits per heavy atom. The summed E-state index contributed by atoms with van der Waals surface area (Å²) in [6, 6.07) is 4.09. The summed E-state index contributed by atoms with van der Waals surface area (Å²) in [6.07, 6.45) is 4.00. The molecule has 1 N–H and O–H groups in total. The quantitative estimate of drug-likeness (QED) is 0.897. The van der Waals surface area contributed by atoms with Crippen molar-refractivity contribution in [1.82, 2.24) is 20.3 Å². The molecule has 118 valence electrons. The fourth-order valence-electron chi connectivity index (χ4n) is 3.57. The molecule has 0 aliphatic carbocycles. The lowest BCUT2D eigenvalue weighted by molar-refractivity contribution is 0.198. The number of fused-ring (bicyclic) bond motifs is 2. The maximum atomic E-state index is 5.50. The van der Waals surface area contributed by atoms with E-state index in [0.717, 1.165) is 43.2 Å². The van der Waals surface area contributed by atoms with Crippen molar-refractivity contribution in [2.75, 3.05) is 20.1 Å². The molecule has 2 saturated heterocycles. The minimum atomic E-state index is 0.474. The van der Waals surface area contributed by atoms with Crippen molar-refractivity contribution in [3.05, 3.63) is 17.5 Å². The fourth-order valence-corrected chi connectivity index (χ4v) is 3.57. The molecule has 3 rings (SSSR count). The highest BCUT2D eigenvalue weighted by molar-refractivity contribution is 5.06. The van der Waals surface area contributed by atoms with Gasteiger partial charge in [0.05, 0.1) is 12.2 Å². The number of aromatic nitrogens is 1. The smallest absolute Gasteiger partial charge is 0.151 e. The summed E-state index contributed by atoms with van der Waals surface area (Å²) < 4.78 is 5.50. The SMILES string of the molecule is CC(C)NCc1cc(CN2CCC3CCC(C2)N3C)on1. The Morgan fingerprint density at radius 3 is 2.95 bits per heavy atom. The van der Waals surface area contributed by atoms with Crippen molar-refractivity contribution >= 4 is 0 Å². The van der Waals surface area contributed by atoms with E-state index >= 15 is 0 Å². The van der Waals surface area contributed by atoms with Crippen molar-refractivity contribution in [3.8, 4) is 0 Å². The van der Waals surface area contributed by atoms with Crippen LogP contribution in [0.25, 0.3) is 0 Å². The minimum Gasteiger partial charge on any atom is -0.360 e. The molecule has 2 aliphatic heterocycles. The number of likely N-dealkylation sites (N-methyl/N-ethyl adjacent to an activating group) is 1. The Bertz CT molecular complexity index is 459. The minimum absolute atomic E-state index is 0.474. The molecule has 5 heteroatoms. The number of hydrogen-bond acceptors (Lipinski definition) is 5. The van der Waals surface area contributed by atoms with Gasteiger partial charge in [-0.3, -0.25) is 9.80 Å². The van der Waals surface area contributed by atoms with Crippen molar-refractivity contribution in [2.45, 2.75) is 64.3 Å². The van der Waals surface area contributed by atoms with E-state index in [4.69, 9.17) is 4.52 Å². The monoisotopic (exact) mass is 292 g/mol. The topological polar surface area (TPSA) is 44.5 Å². The molecule has 3 heterocycles. The van der Waals surface area contributed by atoms with Crippen LogP contribution in [0.3, 0.4) is 0 Å². The summed E-state index contributed by atoms with van der Waals surface area (Å²) in [6.45, 7) is 8.30. The van der Waals surface area contributed by atoms with Gasteiger partial charge < -0.3 is 9.84 Å². The molecule has 1 aromatic heterocycles. The lowest BCUT2D eigenvalue weighted by Gasteiger charge is -2.24. The summed E-state index contributed by atoms with van der Waals surface area (Å²) in [4.78, 5) is 5.11. The first-order valence-electron chi connectivity index (χ1n) is 8.24. The third-order valence-electron chi connectivity index (χ3n) is 4.91. The van der Waals surface area contributed by atoms with Crippen LogP contribution in [0.2, 0.25) is 0 Å². The highest BCUT2D eigenvalue weighted by Gasteiger charge is 2.34. The summed E-state index contributed by atoms with van der Waals surface area (Å²) in [5.74, 6) is 0.996. The second-order valence-corrected chi connectivity index (χ2v) is 6.89. The van der Waals surface area contributed by atoms with Gasteiger partial charge in [-0.2, -0.15) is 0 Å². The molecule has 21 heavy (non-hydrogen) atoms. The van der Waals surface area contributed by atoms with Gasteiger partial charge in [0, 0.05) is 43.8 Å². The van der Waals surface area contributed by atoms with E-state index in [-0.39, 0.29) is 0 Å². The van der Waals surface area contributed by atoms with Crippen molar-refractivity contribution < 1.29 is 4.52 Å². The Hall–Kier alpha value is -0.910. The van der Waals surface area contributed by atoms with E-state index in [1.54, 1.807) is 0 Å². The van der Waals surface area contributed by atoms with E-state index in [1.807, 2.05) is 0 Å². The van der Waals surface area contributed by atoms with Gasteiger partial charge in [-0.05, 0) is 26.3 Å². The van der Waals surface area contributed by atoms with E-state index in [1.165, 1.54) is 25.8 Å². The summed E-state index contributed by atoms with van der Waals surface area (Å²) >= 11 is 0. The zero-order valence-corrected chi connectivity index (χ0v) is 13.5. The van der Waals surface area contributed by atoms with Gasteiger partial charge in [-0.15, -0.1) is 0 Å². The van der Waals surface area contributed by atoms with Crippen molar-refractivity contribution in [1.29, 1.82) is 0 Å². The molecular weight excluding hydrogens is 264 g/mol. The largest absolute Gasteiger partial charge is 0.360 e. The van der Waals surface area contributed by atoms with Crippen molar-refractivity contribution in [3.63, 3.8) is 0 Å². The summed E-state index contributed by atoms with van der Waals surface area (Å²) in [7, 11) is 2.29. The van der Waals surface area contributed by atoms with Gasteiger partial charge in [0.25, 0.3) is 0 Å². The molecule has 0 aromatic carbocycles. The van der Waals surface area contributed by atoms with Crippen molar-refractivity contribution in [2.24, 2.45) is 0 Å². The molecule has 0 spiro atoms. The Kier molecular flexibility index (Phi) is 4.62. The molecular formula is C16H28N4O. The number of rotatable bonds is 5. The molecule has 0 radical (unpaired) electrons. The first-order valence-corrected chi connectivity index (χ1v) is 8.24. The van der Waals surface area contributed by atoms with Gasteiger partial charge >= 0.3 is 0 Å². The Balaban J connectivity index is 1.54. The predicted molar refractivity (Wildman–Crippen MR) is 82.9 cm³/mol. The zero-order chi connectivity index (χ0) is 14.8. The first kappa shape index (κ1) is 15.0. The van der Waals surface area contributed by atoms with Crippen LogP contribution in [0.1, 0.15) is 44.6 Å². The van der Waals surface area contributed by atoms with Crippen LogP contribution in [0.15, 0.2) is 10.6 Å². The van der Waals surface area contributed by atoms with Gasteiger partial charge in [0.2, 0.25) is 0 Å². The molecule has 1 aromatic rings. The van der Waals surface area contributed by atoms with E-state index in [2.05, 4.69) is 47.2 Å². The van der Waals surface area contributed by atoms with Gasteiger partial charge in [-0.1, -0.05) is 19.0 Å². The lowest BCUT2D eigenvalue weighted by atomic mass is 10.1. The molecule has 2 atom stereocenters. The maximum Gasteiger partial charge on any atom is 0.151 e. The van der Waals surface area contributed by atoms with Gasteiger partial charge in [0.15, 0.2) is 5.76 Å². The standard InChI is InChI=1S/C16H28N4O/c1-12(2)17-9-13-8-16(21-18-13)11-20-7-6-14-4-5-15(10-20)19(14)3/h8,12,14-15,17H,4-7,9-11H2,1-3H3. The van der Waals surface area contributed by atoms with Crippen LogP contribution in [0.4, 0.5) is 0 Å². The fraction of sp³-hybridized carbons (Fsp3) is 0.812. The molecule has 0 saturated carbocycles. The van der Waals surface area contributed by atoms with Crippen LogP contribution >= 0.6 is 0 Å². The number of nitrogens with zero attached hydrogens (tertiary/aromatic N) is 3. The summed E-state index contributed by atoms with van der Waals surface area (Å²) in [5.41, 5.74) is 1.01. The number of nitrogens with one attached hydrogen (secondary N) is 1. The molecule has 2 fully saturated rings. The third kappa shape index (κ3) is 3.65. The molecule has 2 aliphatic rings. The maximum absolute atomic E-state index is 5.50. The van der Waals surface area contributed by atoms with Gasteiger partial charge in [0.1, 0.15) is 0 Å². The Morgan fingerprint density at radius 1 is 1.33 bits per heavy atom. The molecule has 2 bridgehead atoms. The van der Waals surface area contributed by atoms with Crippen LogP contribution < -0.4 is 5.32 Å². The van der Waals surface area contributed by atoms with E-state index in [9.17, 15) is 0 Å². The van der Waals surface area contributed by atoms with E-state index < -0.39 is 0 Å². The predicted octanol–water partition coefficient (Wildman–Crippen LogP) is 1.84. The average Bonchev–Trinajstić information content (AvgIpc) is 2.96. The highest BCUT2D eigenvalue weighted by Crippen LogP contribution is 2.29. The summed E-state index contributed by atoms with van der Waals surface area (Å²) in [5, 5.41) is 7.54. The molecule has 0 amide bonds. The van der Waals surface area contributed by atoms with E-state index in [0.29, 0.717) is 6.04 Å². The van der Waals surface area contributed by atoms with Crippen LogP contribution in [-0.4, -0.2) is 53.2 Å². The van der Waals surface area contributed by atoms with Crippen LogP contribution in [0.5, 0.6) is 0 Å². The van der Waals surface area contributed by atoms with Gasteiger partial charge in [-0.25, -0.2) is 0 Å². The molecule has 5 nitrogen and oxygen atoms in total. The normalized spacial score (nSPS) is 27.4. The Labute approximate surface area is 127 Å². The third-order valence-corrected chi connectivity index (χ3v) is 4.91. The highest BCUT2D eigenvalue weighted by atomic mass is 16.5. The first-order chi connectivity index (χ1) is 10.1. The van der Waals surface area contributed by atoms with Crippen LogP contribution in [-0.2, 0) is 13.1 Å². The number of hydrogen-bond donors (Lipinski definition) is 1.